The first-order valence-corrected chi connectivity index (χ1v) is 14.3. The summed E-state index contributed by atoms with van der Waals surface area (Å²) in [5.74, 6) is 1.00. The van der Waals surface area contributed by atoms with E-state index in [-0.39, 0.29) is 11.8 Å². The summed E-state index contributed by atoms with van der Waals surface area (Å²) in [5, 5.41) is 14.1. The Morgan fingerprint density at radius 1 is 1.00 bits per heavy atom. The molecule has 0 spiro atoms. The number of rotatable bonds is 14. The van der Waals surface area contributed by atoms with Crippen LogP contribution in [0.5, 0.6) is 11.5 Å². The maximum absolute atomic E-state index is 11.8. The largest absolute Gasteiger partial charge is 0.492 e. The minimum absolute atomic E-state index is 0.0286. The molecule has 214 valence electrons. The van der Waals surface area contributed by atoms with E-state index in [2.05, 4.69) is 50.2 Å². The Bertz CT molecular complexity index is 1220. The third-order valence-corrected chi connectivity index (χ3v) is 7.48. The number of hydrogen-bond donors (Lipinski definition) is 2. The molecule has 1 aliphatic rings. The highest BCUT2D eigenvalue weighted by Gasteiger charge is 2.36. The fourth-order valence-corrected chi connectivity index (χ4v) is 4.92. The van der Waals surface area contributed by atoms with E-state index in [1.165, 1.54) is 17.5 Å². The second-order valence-electron chi connectivity index (χ2n) is 11.8. The van der Waals surface area contributed by atoms with Crippen molar-refractivity contribution in [2.75, 3.05) is 26.7 Å². The standard InChI is InChI=1S/C33H41ClN2O4/c1-33(2,3)26-9-15-29(16-10-26)40-31(32(37)38)19-23-7-13-28(14-8-23)39-18-17-35-30-20-25(30)22-36(4)21-24-5-11-27(34)12-6-24/h5-16,25,30-31,35H,17-22H2,1-4H3,(H,37,38)/t25-,30+,31-/m0/s1. The summed E-state index contributed by atoms with van der Waals surface area (Å²) in [7, 11) is 2.16. The third-order valence-electron chi connectivity index (χ3n) is 7.23. The molecule has 40 heavy (non-hydrogen) atoms. The summed E-state index contributed by atoms with van der Waals surface area (Å²) in [5.41, 5.74) is 3.36. The highest BCUT2D eigenvalue weighted by atomic mass is 35.5. The van der Waals surface area contributed by atoms with Gasteiger partial charge in [-0.05, 0) is 77.9 Å². The van der Waals surface area contributed by atoms with E-state index in [4.69, 9.17) is 21.1 Å². The van der Waals surface area contributed by atoms with E-state index >= 15 is 0 Å². The van der Waals surface area contributed by atoms with Gasteiger partial charge in [0.15, 0.2) is 6.10 Å². The molecule has 3 aromatic carbocycles. The monoisotopic (exact) mass is 564 g/mol. The molecule has 0 saturated heterocycles. The predicted octanol–water partition coefficient (Wildman–Crippen LogP) is 6.20. The highest BCUT2D eigenvalue weighted by molar-refractivity contribution is 6.30. The fraction of sp³-hybridized carbons (Fsp3) is 0.424. The minimum Gasteiger partial charge on any atom is -0.492 e. The van der Waals surface area contributed by atoms with Gasteiger partial charge in [0.2, 0.25) is 0 Å². The second-order valence-corrected chi connectivity index (χ2v) is 12.2. The normalized spacial score (nSPS) is 17.4. The van der Waals surface area contributed by atoms with Gasteiger partial charge >= 0.3 is 5.97 Å². The van der Waals surface area contributed by atoms with Crippen molar-refractivity contribution in [3.05, 3.63) is 94.5 Å². The zero-order valence-corrected chi connectivity index (χ0v) is 24.7. The summed E-state index contributed by atoms with van der Waals surface area (Å²) in [6.45, 7) is 9.76. The SMILES string of the molecule is CN(Cc1ccc(Cl)cc1)C[C@@H]1C[C@H]1NCCOc1ccc(C[C@H](Oc2ccc(C(C)(C)C)cc2)C(=O)O)cc1. The molecule has 1 fully saturated rings. The van der Waals surface area contributed by atoms with Crippen LogP contribution in [0.25, 0.3) is 0 Å². The molecule has 6 nitrogen and oxygen atoms in total. The van der Waals surface area contributed by atoms with Crippen molar-refractivity contribution >= 4 is 17.6 Å². The zero-order valence-electron chi connectivity index (χ0n) is 23.9. The molecule has 0 radical (unpaired) electrons. The summed E-state index contributed by atoms with van der Waals surface area (Å²) >= 11 is 5.98. The quantitative estimate of drug-likeness (QED) is 0.227. The molecule has 0 amide bonds. The van der Waals surface area contributed by atoms with Crippen molar-refractivity contribution in [3.8, 4) is 11.5 Å². The fourth-order valence-electron chi connectivity index (χ4n) is 4.79. The van der Waals surface area contributed by atoms with E-state index in [1.54, 1.807) is 0 Å². The van der Waals surface area contributed by atoms with Crippen molar-refractivity contribution in [2.24, 2.45) is 5.92 Å². The van der Waals surface area contributed by atoms with Crippen LogP contribution in [0.3, 0.4) is 0 Å². The molecular formula is C33H41ClN2O4. The van der Waals surface area contributed by atoms with E-state index in [0.717, 1.165) is 36.0 Å². The topological polar surface area (TPSA) is 71.0 Å². The van der Waals surface area contributed by atoms with E-state index in [9.17, 15) is 9.90 Å². The van der Waals surface area contributed by atoms with Crippen molar-refractivity contribution < 1.29 is 19.4 Å². The lowest BCUT2D eigenvalue weighted by Crippen LogP contribution is -2.29. The van der Waals surface area contributed by atoms with Crippen molar-refractivity contribution in [1.29, 1.82) is 0 Å². The minimum atomic E-state index is -0.985. The van der Waals surface area contributed by atoms with Gasteiger partial charge in [0.05, 0.1) is 0 Å². The summed E-state index contributed by atoms with van der Waals surface area (Å²) in [4.78, 5) is 14.2. The number of carbonyl (C=O) groups is 1. The molecule has 0 aliphatic heterocycles. The van der Waals surface area contributed by atoms with Gasteiger partial charge in [0.1, 0.15) is 18.1 Å². The highest BCUT2D eigenvalue weighted by Crippen LogP contribution is 2.31. The van der Waals surface area contributed by atoms with E-state index in [0.29, 0.717) is 24.3 Å². The predicted molar refractivity (Wildman–Crippen MR) is 161 cm³/mol. The number of nitrogens with zero attached hydrogens (tertiary/aromatic N) is 1. The second kappa shape index (κ2) is 13.5. The Morgan fingerprint density at radius 2 is 1.62 bits per heavy atom. The molecule has 0 heterocycles. The molecular weight excluding hydrogens is 524 g/mol. The van der Waals surface area contributed by atoms with Crippen LogP contribution in [0.1, 0.15) is 43.9 Å². The number of benzene rings is 3. The maximum Gasteiger partial charge on any atom is 0.345 e. The van der Waals surface area contributed by atoms with Crippen LogP contribution >= 0.6 is 11.6 Å². The first-order chi connectivity index (χ1) is 19.1. The summed E-state index contributed by atoms with van der Waals surface area (Å²) in [6, 6.07) is 23.8. The zero-order chi connectivity index (χ0) is 28.7. The number of carboxylic acids is 1. The lowest BCUT2D eigenvalue weighted by molar-refractivity contribution is -0.145. The summed E-state index contributed by atoms with van der Waals surface area (Å²) in [6.07, 6.45) is 0.495. The number of aliphatic carboxylic acids is 1. The van der Waals surface area contributed by atoms with Gasteiger partial charge in [-0.25, -0.2) is 4.79 Å². The maximum atomic E-state index is 11.8. The van der Waals surface area contributed by atoms with E-state index in [1.807, 2.05) is 60.7 Å². The van der Waals surface area contributed by atoms with Crippen LogP contribution in [0.4, 0.5) is 0 Å². The molecule has 3 atom stereocenters. The van der Waals surface area contributed by atoms with Crippen LogP contribution in [0, 0.1) is 5.92 Å². The average molecular weight is 565 g/mol. The number of nitrogens with one attached hydrogen (secondary N) is 1. The van der Waals surface area contributed by atoms with Gasteiger partial charge in [-0.15, -0.1) is 0 Å². The first kappa shape index (κ1) is 29.9. The molecule has 4 rings (SSSR count). The van der Waals surface area contributed by atoms with E-state index < -0.39 is 12.1 Å². The lowest BCUT2D eigenvalue weighted by Gasteiger charge is -2.20. The molecule has 0 unspecified atom stereocenters. The molecule has 3 aromatic rings. The Kier molecular flexibility index (Phi) is 10.1. The van der Waals surface area contributed by atoms with Gasteiger partial charge in [-0.3, -0.25) is 0 Å². The smallest absolute Gasteiger partial charge is 0.345 e. The molecule has 1 aliphatic carbocycles. The van der Waals surface area contributed by atoms with Crippen LogP contribution in [-0.2, 0) is 23.2 Å². The Balaban J connectivity index is 1.15. The molecule has 7 heteroatoms. The Morgan fingerprint density at radius 3 is 2.25 bits per heavy atom. The number of carboxylic acid groups (broad SMARTS) is 1. The third kappa shape index (κ3) is 9.26. The Labute approximate surface area is 243 Å². The van der Waals surface area contributed by atoms with Gasteiger partial charge in [0.25, 0.3) is 0 Å². The van der Waals surface area contributed by atoms with Crippen LogP contribution in [-0.4, -0.2) is 54.9 Å². The molecule has 1 saturated carbocycles. The van der Waals surface area contributed by atoms with Gasteiger partial charge in [-0.2, -0.15) is 0 Å². The summed E-state index contributed by atoms with van der Waals surface area (Å²) < 4.78 is 11.7. The molecule has 2 N–H and O–H groups in total. The lowest BCUT2D eigenvalue weighted by atomic mass is 9.87. The molecule has 0 aromatic heterocycles. The van der Waals surface area contributed by atoms with Gasteiger partial charge in [0, 0.05) is 37.1 Å². The first-order valence-electron chi connectivity index (χ1n) is 13.9. The average Bonchev–Trinajstić information content (AvgIpc) is 3.65. The number of hydrogen-bond acceptors (Lipinski definition) is 5. The van der Waals surface area contributed by atoms with Crippen LogP contribution in [0.15, 0.2) is 72.8 Å². The number of ether oxygens (including phenoxy) is 2. The van der Waals surface area contributed by atoms with Gasteiger partial charge < -0.3 is 24.8 Å². The van der Waals surface area contributed by atoms with Crippen molar-refractivity contribution in [2.45, 2.75) is 57.7 Å². The molecule has 0 bridgehead atoms. The van der Waals surface area contributed by atoms with Crippen molar-refractivity contribution in [3.63, 3.8) is 0 Å². The van der Waals surface area contributed by atoms with Crippen LogP contribution in [0.2, 0.25) is 5.02 Å². The Hall–Kier alpha value is -3.06. The van der Waals surface area contributed by atoms with Crippen LogP contribution < -0.4 is 14.8 Å². The van der Waals surface area contributed by atoms with Gasteiger partial charge in [-0.1, -0.05) is 68.8 Å². The number of halogens is 1. The van der Waals surface area contributed by atoms with Crippen molar-refractivity contribution in [1.82, 2.24) is 10.2 Å².